The molecule has 2 aromatic rings. The molecule has 3 rings (SSSR count). The Labute approximate surface area is 165 Å². The van der Waals surface area contributed by atoms with Crippen LogP contribution in [0.5, 0.6) is 0 Å². The maximum Gasteiger partial charge on any atom is 0.243 e. The summed E-state index contributed by atoms with van der Waals surface area (Å²) in [6.45, 7) is 2.28. The van der Waals surface area contributed by atoms with E-state index < -0.39 is 16.1 Å². The summed E-state index contributed by atoms with van der Waals surface area (Å²) >= 11 is 5.90. The Kier molecular flexibility index (Phi) is 6.19. The lowest BCUT2D eigenvalue weighted by Crippen LogP contribution is -2.48. The van der Waals surface area contributed by atoms with Crippen LogP contribution in [0.1, 0.15) is 25.3 Å². The largest absolute Gasteiger partial charge is 0.352 e. The maximum atomic E-state index is 12.9. The Bertz CT molecular complexity index is 885. The van der Waals surface area contributed by atoms with Crippen LogP contribution >= 0.6 is 11.6 Å². The van der Waals surface area contributed by atoms with Crippen molar-refractivity contribution in [3.05, 3.63) is 65.2 Å². The summed E-state index contributed by atoms with van der Waals surface area (Å²) < 4.78 is 27.1. The minimum Gasteiger partial charge on any atom is -0.352 e. The van der Waals surface area contributed by atoms with Crippen molar-refractivity contribution in [3.8, 4) is 0 Å². The average Bonchev–Trinajstić information content (AvgIpc) is 3.15. The molecule has 0 radical (unpaired) electrons. The lowest BCUT2D eigenvalue weighted by Gasteiger charge is -2.25. The van der Waals surface area contributed by atoms with Gasteiger partial charge in [-0.1, -0.05) is 41.9 Å². The fourth-order valence-corrected chi connectivity index (χ4v) is 5.19. The molecular weight excluding hydrogens is 384 g/mol. The van der Waals surface area contributed by atoms with Crippen molar-refractivity contribution in [2.75, 3.05) is 6.54 Å². The molecule has 0 bridgehead atoms. The van der Waals surface area contributed by atoms with Gasteiger partial charge >= 0.3 is 0 Å². The van der Waals surface area contributed by atoms with Crippen LogP contribution in [-0.4, -0.2) is 37.3 Å². The summed E-state index contributed by atoms with van der Waals surface area (Å²) in [7, 11) is -3.67. The van der Waals surface area contributed by atoms with Gasteiger partial charge in [-0.2, -0.15) is 4.31 Å². The van der Waals surface area contributed by atoms with Crippen molar-refractivity contribution in [3.63, 3.8) is 0 Å². The molecular formula is C20H23ClN2O3S. The van der Waals surface area contributed by atoms with Crippen molar-refractivity contribution in [1.82, 2.24) is 9.62 Å². The van der Waals surface area contributed by atoms with Crippen LogP contribution in [0.15, 0.2) is 59.5 Å². The molecule has 0 saturated carbocycles. The molecule has 1 heterocycles. The normalized spacial score (nSPS) is 19.0. The molecule has 1 N–H and O–H groups in total. The quantitative estimate of drug-likeness (QED) is 0.800. The number of benzene rings is 2. The Morgan fingerprint density at radius 2 is 1.85 bits per heavy atom. The van der Waals surface area contributed by atoms with E-state index in [0.717, 1.165) is 5.56 Å². The van der Waals surface area contributed by atoms with Crippen LogP contribution in [0, 0.1) is 0 Å². The van der Waals surface area contributed by atoms with Gasteiger partial charge in [-0.05, 0) is 56.0 Å². The van der Waals surface area contributed by atoms with Crippen molar-refractivity contribution in [2.45, 2.75) is 43.2 Å². The van der Waals surface area contributed by atoms with Crippen molar-refractivity contribution < 1.29 is 13.2 Å². The molecule has 1 fully saturated rings. The van der Waals surface area contributed by atoms with Crippen LogP contribution in [-0.2, 0) is 21.2 Å². The standard InChI is InChI=1S/C20H23ClN2O3S/c1-15(14-16-9-11-17(21)12-10-16)22-20(24)19-8-5-13-23(19)27(25,26)18-6-3-2-4-7-18/h2-4,6-7,9-12,15,19H,5,8,13-14H2,1H3,(H,22,24)/t15-,19+/m1/s1. The van der Waals surface area contributed by atoms with E-state index >= 15 is 0 Å². The summed E-state index contributed by atoms with van der Waals surface area (Å²) in [4.78, 5) is 13.0. The summed E-state index contributed by atoms with van der Waals surface area (Å²) in [6, 6.07) is 15.0. The highest BCUT2D eigenvalue weighted by molar-refractivity contribution is 7.89. The second kappa shape index (κ2) is 8.42. The first-order chi connectivity index (χ1) is 12.9. The van der Waals surface area contributed by atoms with Crippen LogP contribution in [0.4, 0.5) is 0 Å². The predicted octanol–water partition coefficient (Wildman–Crippen LogP) is 3.24. The third-order valence-electron chi connectivity index (χ3n) is 4.70. The molecule has 1 amide bonds. The zero-order chi connectivity index (χ0) is 19.4. The van der Waals surface area contributed by atoms with Gasteiger partial charge in [0.25, 0.3) is 0 Å². The summed E-state index contributed by atoms with van der Waals surface area (Å²) in [5.41, 5.74) is 1.06. The van der Waals surface area contributed by atoms with Gasteiger partial charge in [0.05, 0.1) is 4.90 Å². The van der Waals surface area contributed by atoms with E-state index in [9.17, 15) is 13.2 Å². The summed E-state index contributed by atoms with van der Waals surface area (Å²) in [6.07, 6.45) is 1.86. The smallest absolute Gasteiger partial charge is 0.243 e. The first-order valence-corrected chi connectivity index (χ1v) is 10.8. The van der Waals surface area contributed by atoms with E-state index in [1.54, 1.807) is 30.3 Å². The van der Waals surface area contributed by atoms with Gasteiger partial charge in [-0.3, -0.25) is 4.79 Å². The molecule has 0 spiro atoms. The number of carbonyl (C=O) groups is 1. The van der Waals surface area contributed by atoms with Crippen LogP contribution < -0.4 is 5.32 Å². The number of carbonyl (C=O) groups excluding carboxylic acids is 1. The molecule has 1 aliphatic rings. The fourth-order valence-electron chi connectivity index (χ4n) is 3.38. The Balaban J connectivity index is 1.67. The van der Waals surface area contributed by atoms with E-state index in [-0.39, 0.29) is 16.8 Å². The highest BCUT2D eigenvalue weighted by Gasteiger charge is 2.39. The first-order valence-electron chi connectivity index (χ1n) is 8.99. The number of nitrogens with one attached hydrogen (secondary N) is 1. The Hall–Kier alpha value is -1.89. The van der Waals surface area contributed by atoms with Crippen LogP contribution in [0.25, 0.3) is 0 Å². The van der Waals surface area contributed by atoms with Gasteiger partial charge in [0, 0.05) is 17.6 Å². The fraction of sp³-hybridized carbons (Fsp3) is 0.350. The van der Waals surface area contributed by atoms with E-state index in [2.05, 4.69) is 5.32 Å². The summed E-state index contributed by atoms with van der Waals surface area (Å²) in [5, 5.41) is 3.63. The number of halogens is 1. The molecule has 5 nitrogen and oxygen atoms in total. The van der Waals surface area contributed by atoms with Gasteiger partial charge < -0.3 is 5.32 Å². The van der Waals surface area contributed by atoms with E-state index in [1.807, 2.05) is 31.2 Å². The lowest BCUT2D eigenvalue weighted by atomic mass is 10.1. The van der Waals surface area contributed by atoms with Gasteiger partial charge in [0.15, 0.2) is 0 Å². The van der Waals surface area contributed by atoms with Crippen molar-refractivity contribution in [1.29, 1.82) is 0 Å². The SMILES string of the molecule is C[C@H](Cc1ccc(Cl)cc1)NC(=O)[C@@H]1CCCN1S(=O)(=O)c1ccccc1. The monoisotopic (exact) mass is 406 g/mol. The maximum absolute atomic E-state index is 12.9. The molecule has 1 aliphatic heterocycles. The zero-order valence-corrected chi connectivity index (χ0v) is 16.7. The molecule has 0 aromatic heterocycles. The van der Waals surface area contributed by atoms with Gasteiger partial charge in [-0.15, -0.1) is 0 Å². The van der Waals surface area contributed by atoms with E-state index in [0.29, 0.717) is 30.8 Å². The number of hydrogen-bond donors (Lipinski definition) is 1. The van der Waals surface area contributed by atoms with E-state index in [4.69, 9.17) is 11.6 Å². The minimum atomic E-state index is -3.67. The predicted molar refractivity (Wildman–Crippen MR) is 106 cm³/mol. The third kappa shape index (κ3) is 4.69. The second-order valence-corrected chi connectivity index (χ2v) is 9.15. The van der Waals surface area contributed by atoms with Gasteiger partial charge in [0.2, 0.25) is 15.9 Å². The molecule has 0 unspecified atom stereocenters. The molecule has 2 atom stereocenters. The Morgan fingerprint density at radius 3 is 2.52 bits per heavy atom. The third-order valence-corrected chi connectivity index (χ3v) is 6.87. The molecule has 27 heavy (non-hydrogen) atoms. The lowest BCUT2D eigenvalue weighted by molar-refractivity contribution is -0.124. The summed E-state index contributed by atoms with van der Waals surface area (Å²) in [5.74, 6) is -0.242. The highest BCUT2D eigenvalue weighted by Crippen LogP contribution is 2.26. The average molecular weight is 407 g/mol. The molecule has 0 aliphatic carbocycles. The zero-order valence-electron chi connectivity index (χ0n) is 15.1. The van der Waals surface area contributed by atoms with Crippen LogP contribution in [0.3, 0.4) is 0 Å². The number of nitrogens with zero attached hydrogens (tertiary/aromatic N) is 1. The minimum absolute atomic E-state index is 0.111. The molecule has 144 valence electrons. The van der Waals surface area contributed by atoms with Crippen molar-refractivity contribution in [2.24, 2.45) is 0 Å². The molecule has 1 saturated heterocycles. The van der Waals surface area contributed by atoms with E-state index in [1.165, 1.54) is 4.31 Å². The van der Waals surface area contributed by atoms with Gasteiger partial charge in [0.1, 0.15) is 6.04 Å². The topological polar surface area (TPSA) is 66.5 Å². The first kappa shape index (κ1) is 19.9. The Morgan fingerprint density at radius 1 is 1.19 bits per heavy atom. The van der Waals surface area contributed by atoms with Crippen LogP contribution in [0.2, 0.25) is 5.02 Å². The number of sulfonamides is 1. The van der Waals surface area contributed by atoms with Crippen molar-refractivity contribution >= 4 is 27.5 Å². The number of hydrogen-bond acceptors (Lipinski definition) is 3. The number of amides is 1. The van der Waals surface area contributed by atoms with Gasteiger partial charge in [-0.25, -0.2) is 8.42 Å². The highest BCUT2D eigenvalue weighted by atomic mass is 35.5. The molecule has 7 heteroatoms. The second-order valence-electron chi connectivity index (χ2n) is 6.83. The number of rotatable bonds is 6. The molecule has 2 aromatic carbocycles.